The van der Waals surface area contributed by atoms with Crippen LogP contribution in [-0.2, 0) is 14.3 Å². The lowest BCUT2D eigenvalue weighted by Gasteiger charge is -2.22. The Labute approximate surface area is 91.2 Å². The molecule has 0 amide bonds. The van der Waals surface area contributed by atoms with Crippen LogP contribution in [0.5, 0.6) is 0 Å². The first-order chi connectivity index (χ1) is 6.72. The van der Waals surface area contributed by atoms with Crippen LogP contribution in [0.2, 0.25) is 0 Å². The van der Waals surface area contributed by atoms with Gasteiger partial charge in [0.05, 0.1) is 0 Å². The highest BCUT2D eigenvalue weighted by atomic mass is 16.6. The molecule has 15 heavy (non-hydrogen) atoms. The van der Waals surface area contributed by atoms with Crippen LogP contribution >= 0.6 is 0 Å². The predicted octanol–water partition coefficient (Wildman–Crippen LogP) is 1.41. The summed E-state index contributed by atoms with van der Waals surface area (Å²) in [6, 6.07) is -0.622. The van der Waals surface area contributed by atoms with Gasteiger partial charge in [-0.3, -0.25) is 4.79 Å². The van der Waals surface area contributed by atoms with Gasteiger partial charge in [0, 0.05) is 6.42 Å². The number of rotatable bonds is 5. The van der Waals surface area contributed by atoms with E-state index >= 15 is 0 Å². The van der Waals surface area contributed by atoms with Gasteiger partial charge in [0.1, 0.15) is 17.4 Å². The molecule has 0 bridgehead atoms. The number of ether oxygens (including phenoxy) is 1. The third-order valence-electron chi connectivity index (χ3n) is 1.75. The van der Waals surface area contributed by atoms with E-state index in [9.17, 15) is 9.59 Å². The molecule has 0 aliphatic rings. The molecule has 2 N–H and O–H groups in total. The Morgan fingerprint density at radius 1 is 1.33 bits per heavy atom. The summed E-state index contributed by atoms with van der Waals surface area (Å²) in [6.07, 6.45) is 1.60. The fourth-order valence-electron chi connectivity index (χ4n) is 1.07. The molecule has 0 saturated heterocycles. The molecule has 0 aliphatic heterocycles. The van der Waals surface area contributed by atoms with E-state index in [2.05, 4.69) is 0 Å². The molecule has 1 atom stereocenters. The van der Waals surface area contributed by atoms with Gasteiger partial charge in [0.25, 0.3) is 0 Å². The fraction of sp³-hybridized carbons (Fsp3) is 0.818. The quantitative estimate of drug-likeness (QED) is 0.704. The second-order valence-corrected chi connectivity index (χ2v) is 4.73. The predicted molar refractivity (Wildman–Crippen MR) is 58.4 cm³/mol. The minimum Gasteiger partial charge on any atom is -0.459 e. The zero-order chi connectivity index (χ0) is 12.1. The third kappa shape index (κ3) is 8.12. The fourth-order valence-corrected chi connectivity index (χ4v) is 1.07. The van der Waals surface area contributed by atoms with E-state index in [0.29, 0.717) is 19.3 Å². The molecule has 0 spiro atoms. The molecule has 88 valence electrons. The highest BCUT2D eigenvalue weighted by Crippen LogP contribution is 2.10. The van der Waals surface area contributed by atoms with Crippen LogP contribution in [0, 0.1) is 0 Å². The Morgan fingerprint density at radius 3 is 2.27 bits per heavy atom. The van der Waals surface area contributed by atoms with Crippen molar-refractivity contribution >= 4 is 11.8 Å². The summed E-state index contributed by atoms with van der Waals surface area (Å²) in [7, 11) is 0. The van der Waals surface area contributed by atoms with E-state index in [4.69, 9.17) is 10.5 Å². The van der Waals surface area contributed by atoms with Crippen LogP contribution in [0.4, 0.5) is 0 Å². The number of hydrogen-bond donors (Lipinski definition) is 1. The van der Waals surface area contributed by atoms with Gasteiger partial charge in [-0.15, -0.1) is 0 Å². The van der Waals surface area contributed by atoms with Crippen molar-refractivity contribution in [3.8, 4) is 0 Å². The number of carbonyl (C=O) groups is 2. The number of ketones is 1. The van der Waals surface area contributed by atoms with Crippen LogP contribution in [-0.4, -0.2) is 23.4 Å². The molecule has 0 heterocycles. The van der Waals surface area contributed by atoms with Crippen molar-refractivity contribution in [3.05, 3.63) is 0 Å². The zero-order valence-corrected chi connectivity index (χ0v) is 10.0. The molecule has 4 heteroatoms. The first kappa shape index (κ1) is 14.1. The first-order valence-corrected chi connectivity index (χ1v) is 5.20. The lowest BCUT2D eigenvalue weighted by Crippen LogP contribution is -2.37. The van der Waals surface area contributed by atoms with Gasteiger partial charge in [0.2, 0.25) is 0 Å². The second-order valence-electron chi connectivity index (χ2n) is 4.73. The minimum atomic E-state index is -0.622. The van der Waals surface area contributed by atoms with Gasteiger partial charge >= 0.3 is 5.97 Å². The molecule has 0 aliphatic carbocycles. The minimum absolute atomic E-state index is 0.117. The van der Waals surface area contributed by atoms with Gasteiger partial charge in [-0.1, -0.05) is 0 Å². The highest BCUT2D eigenvalue weighted by molar-refractivity contribution is 5.77. The van der Waals surface area contributed by atoms with E-state index in [1.807, 2.05) is 0 Å². The monoisotopic (exact) mass is 215 g/mol. The Kier molecular flexibility index (Phi) is 5.50. The van der Waals surface area contributed by atoms with Gasteiger partial charge < -0.3 is 15.3 Å². The lowest BCUT2D eigenvalue weighted by atomic mass is 10.1. The van der Waals surface area contributed by atoms with Crippen molar-refractivity contribution in [2.75, 3.05) is 0 Å². The number of hydrogen-bond acceptors (Lipinski definition) is 4. The van der Waals surface area contributed by atoms with E-state index in [1.165, 1.54) is 6.92 Å². The Hall–Kier alpha value is -0.900. The molecule has 0 rings (SSSR count). The summed E-state index contributed by atoms with van der Waals surface area (Å²) >= 11 is 0. The molecular weight excluding hydrogens is 194 g/mol. The Morgan fingerprint density at radius 2 is 1.87 bits per heavy atom. The maximum Gasteiger partial charge on any atom is 0.323 e. The van der Waals surface area contributed by atoms with Crippen molar-refractivity contribution in [2.24, 2.45) is 5.73 Å². The largest absolute Gasteiger partial charge is 0.459 e. The number of carbonyl (C=O) groups excluding carboxylic acids is 2. The van der Waals surface area contributed by atoms with Gasteiger partial charge in [-0.05, 0) is 40.5 Å². The van der Waals surface area contributed by atoms with Crippen LogP contribution in [0.15, 0.2) is 0 Å². The summed E-state index contributed by atoms with van der Waals surface area (Å²) in [5.41, 5.74) is 5.12. The summed E-state index contributed by atoms with van der Waals surface area (Å²) in [5.74, 6) is -0.280. The SMILES string of the molecule is CC(=O)CCCC(N)C(=O)OC(C)(C)C. The summed E-state index contributed by atoms with van der Waals surface area (Å²) < 4.78 is 5.11. The van der Waals surface area contributed by atoms with Crippen molar-refractivity contribution in [1.29, 1.82) is 0 Å². The van der Waals surface area contributed by atoms with Crippen molar-refractivity contribution in [3.63, 3.8) is 0 Å². The van der Waals surface area contributed by atoms with E-state index in [1.54, 1.807) is 20.8 Å². The van der Waals surface area contributed by atoms with Crippen molar-refractivity contribution in [2.45, 2.75) is 58.6 Å². The van der Waals surface area contributed by atoms with Gasteiger partial charge in [-0.25, -0.2) is 0 Å². The van der Waals surface area contributed by atoms with Crippen LogP contribution in [0.1, 0.15) is 47.0 Å². The van der Waals surface area contributed by atoms with Crippen LogP contribution in [0.3, 0.4) is 0 Å². The molecule has 0 radical (unpaired) electrons. The smallest absolute Gasteiger partial charge is 0.323 e. The number of nitrogens with two attached hydrogens (primary N) is 1. The van der Waals surface area contributed by atoms with E-state index in [0.717, 1.165) is 0 Å². The third-order valence-corrected chi connectivity index (χ3v) is 1.75. The van der Waals surface area contributed by atoms with Gasteiger partial charge in [-0.2, -0.15) is 0 Å². The van der Waals surface area contributed by atoms with Crippen LogP contribution in [0.25, 0.3) is 0 Å². The molecule has 0 aromatic carbocycles. The first-order valence-electron chi connectivity index (χ1n) is 5.20. The van der Waals surface area contributed by atoms with E-state index in [-0.39, 0.29) is 5.78 Å². The molecule has 0 fully saturated rings. The molecule has 0 aromatic heterocycles. The van der Waals surface area contributed by atoms with Crippen LogP contribution < -0.4 is 5.73 Å². The zero-order valence-electron chi connectivity index (χ0n) is 10.0. The Balaban J connectivity index is 3.85. The summed E-state index contributed by atoms with van der Waals surface area (Å²) in [4.78, 5) is 22.1. The lowest BCUT2D eigenvalue weighted by molar-refractivity contribution is -0.156. The maximum absolute atomic E-state index is 11.4. The molecule has 4 nitrogen and oxygen atoms in total. The maximum atomic E-state index is 11.4. The molecule has 0 saturated carbocycles. The molecule has 1 unspecified atom stereocenters. The highest BCUT2D eigenvalue weighted by Gasteiger charge is 2.21. The summed E-state index contributed by atoms with van der Waals surface area (Å²) in [5, 5.41) is 0. The number of esters is 1. The average molecular weight is 215 g/mol. The molecule has 0 aromatic rings. The van der Waals surface area contributed by atoms with E-state index < -0.39 is 17.6 Å². The summed E-state index contributed by atoms with van der Waals surface area (Å²) in [6.45, 7) is 6.92. The standard InChI is InChI=1S/C11H21NO3/c1-8(13)6-5-7-9(12)10(14)15-11(2,3)4/h9H,5-7,12H2,1-4H3. The number of Topliss-reactive ketones (excluding diaryl/α,β-unsaturated/α-hetero) is 1. The van der Waals surface area contributed by atoms with Crippen molar-refractivity contribution < 1.29 is 14.3 Å². The topological polar surface area (TPSA) is 69.4 Å². The normalized spacial score (nSPS) is 13.4. The molecular formula is C11H21NO3. The second kappa shape index (κ2) is 5.85. The Bertz CT molecular complexity index is 230. The van der Waals surface area contributed by atoms with Gasteiger partial charge in [0.15, 0.2) is 0 Å². The van der Waals surface area contributed by atoms with Crippen molar-refractivity contribution in [1.82, 2.24) is 0 Å². The average Bonchev–Trinajstić information content (AvgIpc) is 1.99.